The predicted molar refractivity (Wildman–Crippen MR) is 140 cm³/mol. The van der Waals surface area contributed by atoms with Crippen LogP contribution in [0, 0.1) is 17.3 Å². The summed E-state index contributed by atoms with van der Waals surface area (Å²) in [6, 6.07) is 0. The number of ether oxygens (including phenoxy) is 1. The Balaban J connectivity index is 2.70. The molecule has 0 radical (unpaired) electrons. The van der Waals surface area contributed by atoms with Crippen LogP contribution in [0.4, 0.5) is 0 Å². The molecule has 2 nitrogen and oxygen atoms in total. The van der Waals surface area contributed by atoms with Gasteiger partial charge in [0.15, 0.2) is 0 Å². The van der Waals surface area contributed by atoms with Gasteiger partial charge < -0.3 is 4.74 Å². The number of carbonyl (C=O) groups excluding carboxylic acids is 1. The van der Waals surface area contributed by atoms with Gasteiger partial charge in [-0.05, 0) is 105 Å². The Kier molecular flexibility index (Phi) is 12.0. The molecule has 0 spiro atoms. The minimum absolute atomic E-state index is 0.0226. The number of hydrogen-bond donors (Lipinski definition) is 0. The van der Waals surface area contributed by atoms with Gasteiger partial charge in [0.25, 0.3) is 0 Å². The summed E-state index contributed by atoms with van der Waals surface area (Å²) in [4.78, 5) is 12.4. The maximum absolute atomic E-state index is 12.4. The second kappa shape index (κ2) is 13.7. The molecule has 0 heterocycles. The van der Waals surface area contributed by atoms with Gasteiger partial charge in [-0.2, -0.15) is 0 Å². The number of allylic oxidation sites excluding steroid dienone is 10. The smallest absolute Gasteiger partial charge is 0.309 e. The molecule has 0 saturated heterocycles. The highest BCUT2D eigenvalue weighted by Crippen LogP contribution is 2.62. The highest BCUT2D eigenvalue weighted by molar-refractivity contribution is 5.78. The fourth-order valence-electron chi connectivity index (χ4n) is 4.40. The van der Waals surface area contributed by atoms with E-state index in [-0.39, 0.29) is 23.2 Å². The average Bonchev–Trinajstić information content (AvgIpc) is 3.28. The third-order valence-electron chi connectivity index (χ3n) is 6.75. The molecular weight excluding hydrogens is 392 g/mol. The summed E-state index contributed by atoms with van der Waals surface area (Å²) >= 11 is 0. The Labute approximate surface area is 198 Å². The van der Waals surface area contributed by atoms with Gasteiger partial charge >= 0.3 is 5.97 Å². The molecule has 1 saturated carbocycles. The summed E-state index contributed by atoms with van der Waals surface area (Å²) in [6.45, 7) is 17.5. The first kappa shape index (κ1) is 28.2. The summed E-state index contributed by atoms with van der Waals surface area (Å²) in [6.07, 6.45) is 19.2. The van der Waals surface area contributed by atoms with Gasteiger partial charge in [0.05, 0.1) is 13.0 Å². The quantitative estimate of drug-likeness (QED) is 0.211. The molecule has 0 bridgehead atoms. The zero-order chi connectivity index (χ0) is 24.3. The van der Waals surface area contributed by atoms with Crippen LogP contribution in [0.15, 0.2) is 58.2 Å². The lowest BCUT2D eigenvalue weighted by Crippen LogP contribution is -2.09. The number of hydrogen-bond acceptors (Lipinski definition) is 2. The van der Waals surface area contributed by atoms with Crippen molar-refractivity contribution < 1.29 is 9.53 Å². The zero-order valence-corrected chi connectivity index (χ0v) is 22.3. The van der Waals surface area contributed by atoms with E-state index in [9.17, 15) is 4.79 Å². The normalized spacial score (nSPS) is 23.6. The van der Waals surface area contributed by atoms with Crippen molar-refractivity contribution in [1.29, 1.82) is 0 Å². The van der Waals surface area contributed by atoms with Crippen molar-refractivity contribution in [3.05, 3.63) is 58.2 Å². The maximum atomic E-state index is 12.4. The van der Waals surface area contributed by atoms with Crippen LogP contribution in [0.5, 0.6) is 0 Å². The van der Waals surface area contributed by atoms with Crippen LogP contribution in [-0.2, 0) is 9.53 Å². The fraction of sp³-hybridized carbons (Fsp3) is 0.633. The molecule has 1 unspecified atom stereocenters. The fourth-order valence-corrected chi connectivity index (χ4v) is 4.40. The zero-order valence-electron chi connectivity index (χ0n) is 22.3. The van der Waals surface area contributed by atoms with E-state index >= 15 is 0 Å². The molecule has 0 amide bonds. The van der Waals surface area contributed by atoms with Gasteiger partial charge in [0, 0.05) is 0 Å². The highest BCUT2D eigenvalue weighted by Gasteiger charge is 2.63. The van der Waals surface area contributed by atoms with Crippen LogP contribution in [0.2, 0.25) is 0 Å². The molecule has 1 rings (SSSR count). The van der Waals surface area contributed by atoms with E-state index in [0.717, 1.165) is 44.9 Å². The van der Waals surface area contributed by atoms with Gasteiger partial charge in [-0.1, -0.05) is 65.2 Å². The summed E-state index contributed by atoms with van der Waals surface area (Å²) in [5.41, 5.74) is 6.99. The summed E-state index contributed by atoms with van der Waals surface area (Å²) < 4.78 is 5.14. The Hall–Kier alpha value is -1.83. The summed E-state index contributed by atoms with van der Waals surface area (Å²) in [7, 11) is 1.51. The topological polar surface area (TPSA) is 26.3 Å². The van der Waals surface area contributed by atoms with Gasteiger partial charge in [-0.3, -0.25) is 4.79 Å². The monoisotopic (exact) mass is 440 g/mol. The SMILES string of the molecule is COC(=O)[C@H]1C(/C=C(\C)CC/C=C(\C)CCC=C(C)C)[C@@]1(C)C/C=C(\C)CCC=C(C)C. The third-order valence-corrected chi connectivity index (χ3v) is 6.75. The molecule has 32 heavy (non-hydrogen) atoms. The maximum Gasteiger partial charge on any atom is 0.309 e. The van der Waals surface area contributed by atoms with Gasteiger partial charge in [-0.25, -0.2) is 0 Å². The number of carbonyl (C=O) groups is 1. The molecule has 0 aromatic rings. The van der Waals surface area contributed by atoms with Crippen LogP contribution < -0.4 is 0 Å². The first-order valence-corrected chi connectivity index (χ1v) is 12.3. The van der Waals surface area contributed by atoms with Crippen molar-refractivity contribution in [1.82, 2.24) is 0 Å². The highest BCUT2D eigenvalue weighted by atomic mass is 16.5. The third kappa shape index (κ3) is 9.76. The van der Waals surface area contributed by atoms with E-state index in [4.69, 9.17) is 4.74 Å². The molecule has 3 atom stereocenters. The lowest BCUT2D eigenvalue weighted by atomic mass is 9.96. The Morgan fingerprint density at radius 1 is 0.750 bits per heavy atom. The molecule has 0 N–H and O–H groups in total. The van der Waals surface area contributed by atoms with Crippen molar-refractivity contribution >= 4 is 5.97 Å². The standard InChI is InChI=1S/C30H48O2/c1-22(2)13-10-15-24(5)17-12-18-26(7)21-27-28(29(31)32-9)30(27,8)20-19-25(6)16-11-14-23(3)4/h13-14,17,19,21,27-28H,10-12,15-16,18,20H2,1-9H3/b24-17+,25-19+,26-21+/t27?,28-,30-/m1/s1. The lowest BCUT2D eigenvalue weighted by molar-refractivity contribution is -0.143. The average molecular weight is 441 g/mol. The Morgan fingerprint density at radius 3 is 1.72 bits per heavy atom. The molecule has 2 heteroatoms. The van der Waals surface area contributed by atoms with Crippen molar-refractivity contribution in [3.8, 4) is 0 Å². The van der Waals surface area contributed by atoms with E-state index in [1.807, 2.05) is 0 Å². The number of rotatable bonds is 13. The van der Waals surface area contributed by atoms with Crippen LogP contribution in [0.1, 0.15) is 100 Å². The minimum Gasteiger partial charge on any atom is -0.469 e. The summed E-state index contributed by atoms with van der Waals surface area (Å²) in [5.74, 6) is 0.192. The second-order valence-corrected chi connectivity index (χ2v) is 10.5. The Bertz CT molecular complexity index is 767. The van der Waals surface area contributed by atoms with Crippen LogP contribution in [-0.4, -0.2) is 13.1 Å². The van der Waals surface area contributed by atoms with E-state index in [1.165, 1.54) is 35.0 Å². The lowest BCUT2D eigenvalue weighted by Gasteiger charge is -2.09. The first-order valence-electron chi connectivity index (χ1n) is 12.3. The molecule has 0 aromatic heterocycles. The van der Waals surface area contributed by atoms with Crippen LogP contribution in [0.3, 0.4) is 0 Å². The van der Waals surface area contributed by atoms with Gasteiger partial charge in [-0.15, -0.1) is 0 Å². The molecule has 0 aliphatic heterocycles. The van der Waals surface area contributed by atoms with E-state index < -0.39 is 0 Å². The van der Waals surface area contributed by atoms with Gasteiger partial charge in [0.2, 0.25) is 0 Å². The van der Waals surface area contributed by atoms with Crippen molar-refractivity contribution in [2.75, 3.05) is 7.11 Å². The van der Waals surface area contributed by atoms with Gasteiger partial charge in [0.1, 0.15) is 0 Å². The minimum atomic E-state index is -0.0628. The van der Waals surface area contributed by atoms with Crippen molar-refractivity contribution in [2.45, 2.75) is 100 Å². The molecule has 0 aromatic carbocycles. The molecule has 1 fully saturated rings. The van der Waals surface area contributed by atoms with Crippen LogP contribution >= 0.6 is 0 Å². The first-order chi connectivity index (χ1) is 15.0. The number of esters is 1. The largest absolute Gasteiger partial charge is 0.469 e. The van der Waals surface area contributed by atoms with E-state index in [0.29, 0.717) is 0 Å². The molecule has 1 aliphatic carbocycles. The van der Waals surface area contributed by atoms with Crippen molar-refractivity contribution in [2.24, 2.45) is 17.3 Å². The molecular formula is C30H48O2. The molecule has 180 valence electrons. The number of methoxy groups -OCH3 is 1. The molecule has 1 aliphatic rings. The van der Waals surface area contributed by atoms with E-state index in [1.54, 1.807) is 0 Å². The van der Waals surface area contributed by atoms with Crippen molar-refractivity contribution in [3.63, 3.8) is 0 Å². The summed E-state index contributed by atoms with van der Waals surface area (Å²) in [5, 5.41) is 0. The second-order valence-electron chi connectivity index (χ2n) is 10.5. The van der Waals surface area contributed by atoms with Crippen LogP contribution in [0.25, 0.3) is 0 Å². The Morgan fingerprint density at radius 2 is 1.22 bits per heavy atom. The van der Waals surface area contributed by atoms with E-state index in [2.05, 4.69) is 85.8 Å². The predicted octanol–water partition coefficient (Wildman–Crippen LogP) is 8.91.